The molecule has 5 nitrogen and oxygen atoms in total. The molecule has 2 unspecified atom stereocenters. The zero-order valence-corrected chi connectivity index (χ0v) is 7.44. The van der Waals surface area contributed by atoms with Gasteiger partial charge < -0.3 is 5.11 Å². The van der Waals surface area contributed by atoms with Crippen molar-refractivity contribution in [1.82, 2.24) is 0 Å². The van der Waals surface area contributed by atoms with Gasteiger partial charge in [0.05, 0.1) is 4.92 Å². The molecule has 0 saturated heterocycles. The van der Waals surface area contributed by atoms with E-state index in [9.17, 15) is 19.3 Å². The quantitative estimate of drug-likeness (QED) is 0.330. The monoisotopic (exact) mass is 221 g/mol. The Morgan fingerprint density at radius 2 is 2.36 bits per heavy atom. The van der Waals surface area contributed by atoms with E-state index in [0.29, 0.717) is 12.2 Å². The van der Waals surface area contributed by atoms with Gasteiger partial charge in [0.1, 0.15) is 5.92 Å². The average molecular weight is 222 g/mol. The fourth-order valence-corrected chi connectivity index (χ4v) is 1.29. The summed E-state index contributed by atoms with van der Waals surface area (Å²) in [6, 6.07) is 0. The molecular formula is C7H5ClFNO4. The Hall–Kier alpha value is -1.43. The van der Waals surface area contributed by atoms with Crippen LogP contribution in [0.25, 0.3) is 0 Å². The fraction of sp³-hybridized carbons (Fsp3) is 0.286. The molecule has 0 heterocycles. The molecule has 1 aliphatic rings. The van der Waals surface area contributed by atoms with Gasteiger partial charge in [-0.1, -0.05) is 17.7 Å². The molecule has 1 N–H and O–H groups in total. The summed E-state index contributed by atoms with van der Waals surface area (Å²) >= 11 is 5.39. The summed E-state index contributed by atoms with van der Waals surface area (Å²) in [5.74, 6) is -5.39. The van der Waals surface area contributed by atoms with E-state index >= 15 is 0 Å². The summed E-state index contributed by atoms with van der Waals surface area (Å²) in [6.45, 7) is 0. The van der Waals surface area contributed by atoms with Crippen LogP contribution in [-0.2, 0) is 4.79 Å². The Kier molecular flexibility index (Phi) is 2.57. The molecule has 0 saturated carbocycles. The highest BCUT2D eigenvalue weighted by molar-refractivity contribution is 6.31. The number of rotatable bonds is 2. The molecule has 7 heteroatoms. The lowest BCUT2D eigenvalue weighted by Gasteiger charge is -2.16. The van der Waals surface area contributed by atoms with Gasteiger partial charge >= 0.3 is 11.8 Å². The van der Waals surface area contributed by atoms with Gasteiger partial charge in [0, 0.05) is 17.2 Å². The Balaban J connectivity index is 3.02. The van der Waals surface area contributed by atoms with Gasteiger partial charge in [-0.25, -0.2) is 0 Å². The highest BCUT2D eigenvalue weighted by atomic mass is 35.5. The molecule has 1 rings (SSSR count). The topological polar surface area (TPSA) is 80.4 Å². The Morgan fingerprint density at radius 3 is 2.71 bits per heavy atom. The van der Waals surface area contributed by atoms with Crippen LogP contribution in [0.3, 0.4) is 0 Å². The molecule has 0 aromatic rings. The van der Waals surface area contributed by atoms with Crippen LogP contribution >= 0.6 is 11.6 Å². The van der Waals surface area contributed by atoms with E-state index in [2.05, 4.69) is 0 Å². The molecule has 0 fully saturated rings. The summed E-state index contributed by atoms with van der Waals surface area (Å²) in [7, 11) is 0. The van der Waals surface area contributed by atoms with Crippen molar-refractivity contribution < 1.29 is 19.2 Å². The van der Waals surface area contributed by atoms with Gasteiger partial charge in [-0.05, 0) is 0 Å². The van der Waals surface area contributed by atoms with E-state index in [4.69, 9.17) is 16.7 Å². The second-order valence-electron chi connectivity index (χ2n) is 2.69. The standard InChI is InChI=1S/C7H5ClFNO4/c8-5-3-7(9,10(13)14)2-1-4(5)6(11)12/h1-4H,(H,11,12). The second kappa shape index (κ2) is 3.38. The molecule has 76 valence electrons. The van der Waals surface area contributed by atoms with E-state index in [1.165, 1.54) is 0 Å². The number of halogens is 2. The average Bonchev–Trinajstić information content (AvgIpc) is 2.02. The fourth-order valence-electron chi connectivity index (χ4n) is 0.968. The van der Waals surface area contributed by atoms with E-state index in [1.807, 2.05) is 0 Å². The number of carbonyl (C=O) groups is 1. The third-order valence-corrected chi connectivity index (χ3v) is 2.05. The molecule has 0 aromatic heterocycles. The third kappa shape index (κ3) is 1.74. The van der Waals surface area contributed by atoms with Gasteiger partial charge in [0.2, 0.25) is 0 Å². The van der Waals surface area contributed by atoms with Crippen LogP contribution in [0.2, 0.25) is 0 Å². The van der Waals surface area contributed by atoms with Crippen molar-refractivity contribution in [3.8, 4) is 0 Å². The van der Waals surface area contributed by atoms with Gasteiger partial charge in [-0.15, -0.1) is 0 Å². The first kappa shape index (κ1) is 10.6. The number of carboxylic acids is 1. The molecule has 0 spiro atoms. The minimum Gasteiger partial charge on any atom is -0.481 e. The molecule has 0 aliphatic heterocycles. The minimum absolute atomic E-state index is 0.404. The molecule has 0 aromatic carbocycles. The third-order valence-electron chi connectivity index (χ3n) is 1.71. The van der Waals surface area contributed by atoms with Crippen LogP contribution < -0.4 is 0 Å². The number of alkyl halides is 1. The lowest BCUT2D eigenvalue weighted by molar-refractivity contribution is -0.573. The molecule has 0 amide bonds. The van der Waals surface area contributed by atoms with Gasteiger partial charge in [-0.3, -0.25) is 14.9 Å². The van der Waals surface area contributed by atoms with Crippen LogP contribution in [0.5, 0.6) is 0 Å². The van der Waals surface area contributed by atoms with Crippen molar-refractivity contribution in [3.05, 3.63) is 33.4 Å². The maximum Gasteiger partial charge on any atom is 0.398 e. The summed E-state index contributed by atoms with van der Waals surface area (Å²) < 4.78 is 13.2. The zero-order valence-electron chi connectivity index (χ0n) is 6.68. The van der Waals surface area contributed by atoms with Crippen LogP contribution in [0.15, 0.2) is 23.3 Å². The van der Waals surface area contributed by atoms with Crippen molar-refractivity contribution >= 4 is 17.6 Å². The summed E-state index contributed by atoms with van der Waals surface area (Å²) in [5.41, 5.74) is 0. The highest BCUT2D eigenvalue weighted by Gasteiger charge is 2.42. The van der Waals surface area contributed by atoms with Crippen LogP contribution in [0.1, 0.15) is 0 Å². The molecule has 14 heavy (non-hydrogen) atoms. The summed E-state index contributed by atoms with van der Waals surface area (Å²) in [4.78, 5) is 19.5. The van der Waals surface area contributed by atoms with Crippen molar-refractivity contribution in [2.24, 2.45) is 5.92 Å². The van der Waals surface area contributed by atoms with Crippen molar-refractivity contribution in [2.45, 2.75) is 5.79 Å². The highest BCUT2D eigenvalue weighted by Crippen LogP contribution is 2.30. The number of nitro groups is 1. The first-order valence-corrected chi connectivity index (χ1v) is 3.88. The number of hydrogen-bond acceptors (Lipinski definition) is 3. The second-order valence-corrected chi connectivity index (χ2v) is 3.13. The predicted octanol–water partition coefficient (Wildman–Crippen LogP) is 1.32. The normalized spacial score (nSPS) is 31.0. The smallest absolute Gasteiger partial charge is 0.398 e. The summed E-state index contributed by atoms with van der Waals surface area (Å²) in [5, 5.41) is 18.4. The van der Waals surface area contributed by atoms with Crippen LogP contribution in [-0.4, -0.2) is 21.8 Å². The number of nitrogens with zero attached hydrogens (tertiary/aromatic N) is 1. The van der Waals surface area contributed by atoms with Crippen LogP contribution in [0, 0.1) is 16.0 Å². The van der Waals surface area contributed by atoms with Crippen molar-refractivity contribution in [1.29, 1.82) is 0 Å². The first-order valence-electron chi connectivity index (χ1n) is 3.50. The zero-order chi connectivity index (χ0) is 10.9. The number of hydrogen-bond donors (Lipinski definition) is 1. The Labute approximate surface area is 82.6 Å². The van der Waals surface area contributed by atoms with Gasteiger partial charge in [0.25, 0.3) is 0 Å². The molecule has 0 radical (unpaired) electrons. The Bertz CT molecular complexity index is 354. The van der Waals surface area contributed by atoms with Crippen molar-refractivity contribution in [3.63, 3.8) is 0 Å². The van der Waals surface area contributed by atoms with Gasteiger partial charge in [-0.2, -0.15) is 4.39 Å². The van der Waals surface area contributed by atoms with E-state index in [-0.39, 0.29) is 0 Å². The minimum atomic E-state index is -2.90. The maximum atomic E-state index is 13.2. The van der Waals surface area contributed by atoms with Crippen molar-refractivity contribution in [2.75, 3.05) is 0 Å². The first-order chi connectivity index (χ1) is 6.37. The predicted molar refractivity (Wildman–Crippen MR) is 45.0 cm³/mol. The van der Waals surface area contributed by atoms with E-state index < -0.39 is 27.6 Å². The Morgan fingerprint density at radius 1 is 1.79 bits per heavy atom. The number of aliphatic carboxylic acids is 1. The molecule has 0 bridgehead atoms. The number of carboxylic acid groups (broad SMARTS) is 1. The van der Waals surface area contributed by atoms with Crippen LogP contribution in [0.4, 0.5) is 4.39 Å². The molecule has 2 atom stereocenters. The maximum absolute atomic E-state index is 13.2. The summed E-state index contributed by atoms with van der Waals surface area (Å²) in [6.07, 6.45) is 1.90. The lowest BCUT2D eigenvalue weighted by atomic mass is 9.99. The molecule has 1 aliphatic carbocycles. The SMILES string of the molecule is O=C(O)C1C=CC(F)([N+](=O)[O-])C=C1Cl. The lowest BCUT2D eigenvalue weighted by Crippen LogP contribution is -2.32. The molecular weight excluding hydrogens is 217 g/mol. The largest absolute Gasteiger partial charge is 0.481 e. The van der Waals surface area contributed by atoms with E-state index in [0.717, 1.165) is 6.08 Å². The van der Waals surface area contributed by atoms with Gasteiger partial charge in [0.15, 0.2) is 0 Å². The van der Waals surface area contributed by atoms with E-state index in [1.54, 1.807) is 0 Å².